The molecule has 0 unspecified atom stereocenters. The van der Waals surface area contributed by atoms with Gasteiger partial charge in [-0.15, -0.1) is 0 Å². The van der Waals surface area contributed by atoms with Gasteiger partial charge in [0, 0.05) is 17.3 Å². The van der Waals surface area contributed by atoms with E-state index in [0.29, 0.717) is 5.69 Å². The highest BCUT2D eigenvalue weighted by atomic mass is 16.1. The summed E-state index contributed by atoms with van der Waals surface area (Å²) in [4.78, 5) is 12.3. The number of benzene rings is 1. The quantitative estimate of drug-likeness (QED) is 0.814. The van der Waals surface area contributed by atoms with Crippen molar-refractivity contribution in [3.8, 4) is 0 Å². The highest BCUT2D eigenvalue weighted by Crippen LogP contribution is 2.31. The Kier molecular flexibility index (Phi) is 4.46. The molecule has 1 saturated carbocycles. The number of nitrogens with one attached hydrogen (secondary N) is 1. The molecule has 1 amide bonds. The van der Waals surface area contributed by atoms with Crippen LogP contribution in [-0.4, -0.2) is 5.91 Å². The fraction of sp³-hybridized carbons (Fsp3) is 0.562. The second kappa shape index (κ2) is 6.09. The Labute approximate surface area is 115 Å². The molecule has 3 N–H and O–H groups in total. The molecule has 0 radical (unpaired) electrons. The predicted octanol–water partition coefficient (Wildman–Crippen LogP) is 3.73. The molecule has 2 rings (SSSR count). The molecule has 0 aromatic heterocycles. The van der Waals surface area contributed by atoms with E-state index in [1.807, 2.05) is 25.1 Å². The molecular formula is C16H24N2O. The van der Waals surface area contributed by atoms with Crippen LogP contribution in [-0.2, 0) is 4.79 Å². The second-order valence-corrected chi connectivity index (χ2v) is 5.69. The summed E-state index contributed by atoms with van der Waals surface area (Å²) in [5.41, 5.74) is 8.37. The molecule has 104 valence electrons. The maximum Gasteiger partial charge on any atom is 0.227 e. The number of nitrogen functional groups attached to an aromatic ring is 1. The van der Waals surface area contributed by atoms with Crippen molar-refractivity contribution in [1.29, 1.82) is 0 Å². The molecule has 0 heterocycles. The van der Waals surface area contributed by atoms with E-state index in [9.17, 15) is 4.79 Å². The Bertz CT molecular complexity index is 448. The number of anilines is 2. The summed E-state index contributed by atoms with van der Waals surface area (Å²) in [5, 5.41) is 3.03. The van der Waals surface area contributed by atoms with E-state index in [1.54, 1.807) is 0 Å². The molecular weight excluding hydrogens is 236 g/mol. The monoisotopic (exact) mass is 260 g/mol. The molecule has 0 bridgehead atoms. The van der Waals surface area contributed by atoms with Crippen LogP contribution in [0, 0.1) is 18.8 Å². The molecule has 3 heteroatoms. The lowest BCUT2D eigenvalue weighted by Gasteiger charge is -2.27. The lowest BCUT2D eigenvalue weighted by Crippen LogP contribution is -2.27. The van der Waals surface area contributed by atoms with Crippen molar-refractivity contribution in [2.75, 3.05) is 11.1 Å². The number of hydrogen-bond acceptors (Lipinski definition) is 2. The van der Waals surface area contributed by atoms with Crippen molar-refractivity contribution in [1.82, 2.24) is 0 Å². The molecule has 1 aromatic carbocycles. The third kappa shape index (κ3) is 3.49. The van der Waals surface area contributed by atoms with Crippen LogP contribution in [0.15, 0.2) is 18.2 Å². The summed E-state index contributed by atoms with van der Waals surface area (Å²) in [6.45, 7) is 4.23. The van der Waals surface area contributed by atoms with E-state index in [0.717, 1.165) is 30.0 Å². The molecule has 0 saturated heterocycles. The largest absolute Gasteiger partial charge is 0.399 e. The van der Waals surface area contributed by atoms with E-state index < -0.39 is 0 Å². The third-order valence-electron chi connectivity index (χ3n) is 4.31. The summed E-state index contributed by atoms with van der Waals surface area (Å²) in [7, 11) is 0. The van der Waals surface area contributed by atoms with Gasteiger partial charge >= 0.3 is 0 Å². The van der Waals surface area contributed by atoms with Gasteiger partial charge in [-0.2, -0.15) is 0 Å². The van der Waals surface area contributed by atoms with Gasteiger partial charge in [0.2, 0.25) is 5.91 Å². The maximum atomic E-state index is 12.3. The van der Waals surface area contributed by atoms with Crippen LogP contribution < -0.4 is 11.1 Å². The minimum absolute atomic E-state index is 0.156. The zero-order chi connectivity index (χ0) is 13.8. The number of aryl methyl sites for hydroxylation is 1. The number of rotatable bonds is 3. The van der Waals surface area contributed by atoms with Crippen LogP contribution in [0.3, 0.4) is 0 Å². The average molecular weight is 260 g/mol. The Hall–Kier alpha value is -1.51. The first kappa shape index (κ1) is 13.9. The van der Waals surface area contributed by atoms with Gasteiger partial charge < -0.3 is 11.1 Å². The van der Waals surface area contributed by atoms with Gasteiger partial charge in [0.05, 0.1) is 0 Å². The summed E-state index contributed by atoms with van der Waals surface area (Å²) in [5.74, 6) is 1.14. The van der Waals surface area contributed by atoms with Crippen LogP contribution in [0.5, 0.6) is 0 Å². The highest BCUT2D eigenvalue weighted by molar-refractivity contribution is 5.93. The van der Waals surface area contributed by atoms with Gasteiger partial charge in [0.25, 0.3) is 0 Å². The SMILES string of the molecule is CCC1CCC(C(=O)Nc2cc(N)ccc2C)CC1. The summed E-state index contributed by atoms with van der Waals surface area (Å²) < 4.78 is 0. The van der Waals surface area contributed by atoms with Gasteiger partial charge in [-0.1, -0.05) is 19.4 Å². The van der Waals surface area contributed by atoms with Crippen molar-refractivity contribution >= 4 is 17.3 Å². The van der Waals surface area contributed by atoms with E-state index in [-0.39, 0.29) is 11.8 Å². The van der Waals surface area contributed by atoms with Gasteiger partial charge in [0.15, 0.2) is 0 Å². The van der Waals surface area contributed by atoms with Gasteiger partial charge in [-0.25, -0.2) is 0 Å². The Morgan fingerprint density at radius 3 is 2.63 bits per heavy atom. The zero-order valence-electron chi connectivity index (χ0n) is 11.9. The lowest BCUT2D eigenvalue weighted by atomic mass is 9.80. The first-order valence-corrected chi connectivity index (χ1v) is 7.27. The number of carbonyl (C=O) groups excluding carboxylic acids is 1. The van der Waals surface area contributed by atoms with Crippen LogP contribution >= 0.6 is 0 Å². The molecule has 1 aliphatic rings. The fourth-order valence-electron chi connectivity index (χ4n) is 2.84. The first-order chi connectivity index (χ1) is 9.10. The van der Waals surface area contributed by atoms with Crippen molar-refractivity contribution in [3.63, 3.8) is 0 Å². The van der Waals surface area contributed by atoms with E-state index >= 15 is 0 Å². The molecule has 3 nitrogen and oxygen atoms in total. The molecule has 0 spiro atoms. The molecule has 19 heavy (non-hydrogen) atoms. The molecule has 1 fully saturated rings. The Morgan fingerprint density at radius 2 is 2.00 bits per heavy atom. The average Bonchev–Trinajstić information content (AvgIpc) is 2.43. The van der Waals surface area contributed by atoms with Crippen LogP contribution in [0.4, 0.5) is 11.4 Å². The van der Waals surface area contributed by atoms with Gasteiger partial charge in [-0.05, 0) is 56.2 Å². The number of nitrogens with two attached hydrogens (primary N) is 1. The van der Waals surface area contributed by atoms with Crippen LogP contribution in [0.2, 0.25) is 0 Å². The first-order valence-electron chi connectivity index (χ1n) is 7.27. The van der Waals surface area contributed by atoms with E-state index in [2.05, 4.69) is 12.2 Å². The summed E-state index contributed by atoms with van der Waals surface area (Å²) in [6, 6.07) is 5.64. The predicted molar refractivity (Wildman–Crippen MR) is 80.0 cm³/mol. The molecule has 1 aromatic rings. The summed E-state index contributed by atoms with van der Waals surface area (Å²) in [6.07, 6.45) is 5.65. The van der Waals surface area contributed by atoms with Crippen molar-refractivity contribution in [2.45, 2.75) is 46.0 Å². The second-order valence-electron chi connectivity index (χ2n) is 5.69. The molecule has 0 aliphatic heterocycles. The highest BCUT2D eigenvalue weighted by Gasteiger charge is 2.25. The molecule has 1 aliphatic carbocycles. The van der Waals surface area contributed by atoms with Crippen molar-refractivity contribution in [2.24, 2.45) is 11.8 Å². The number of hydrogen-bond donors (Lipinski definition) is 2. The Morgan fingerprint density at radius 1 is 1.32 bits per heavy atom. The standard InChI is InChI=1S/C16H24N2O/c1-3-12-5-7-13(8-6-12)16(19)18-15-10-14(17)9-4-11(15)2/h4,9-10,12-13H,3,5-8,17H2,1-2H3,(H,18,19). The topological polar surface area (TPSA) is 55.1 Å². The van der Waals surface area contributed by atoms with Crippen LogP contribution in [0.25, 0.3) is 0 Å². The minimum atomic E-state index is 0.156. The Balaban J connectivity index is 1.96. The van der Waals surface area contributed by atoms with Crippen molar-refractivity contribution in [3.05, 3.63) is 23.8 Å². The normalized spacial score (nSPS) is 23.1. The lowest BCUT2D eigenvalue weighted by molar-refractivity contribution is -0.121. The molecule has 0 atom stereocenters. The van der Waals surface area contributed by atoms with E-state index in [1.165, 1.54) is 19.3 Å². The fourth-order valence-corrected chi connectivity index (χ4v) is 2.84. The van der Waals surface area contributed by atoms with Crippen molar-refractivity contribution < 1.29 is 4.79 Å². The summed E-state index contributed by atoms with van der Waals surface area (Å²) >= 11 is 0. The third-order valence-corrected chi connectivity index (χ3v) is 4.31. The number of carbonyl (C=O) groups is 1. The van der Waals surface area contributed by atoms with Gasteiger partial charge in [0.1, 0.15) is 0 Å². The maximum absolute atomic E-state index is 12.3. The minimum Gasteiger partial charge on any atom is -0.399 e. The van der Waals surface area contributed by atoms with Crippen LogP contribution in [0.1, 0.15) is 44.6 Å². The van der Waals surface area contributed by atoms with Gasteiger partial charge in [-0.3, -0.25) is 4.79 Å². The number of amides is 1. The zero-order valence-corrected chi connectivity index (χ0v) is 11.9. The smallest absolute Gasteiger partial charge is 0.227 e. The van der Waals surface area contributed by atoms with E-state index in [4.69, 9.17) is 5.73 Å².